The molecule has 0 aliphatic heterocycles. The van der Waals surface area contributed by atoms with Gasteiger partial charge in [-0.3, -0.25) is 0 Å². The Morgan fingerprint density at radius 2 is 1.88 bits per heavy atom. The molecule has 100 valence electrons. The fraction of sp³-hybridized carbons (Fsp3) is 1.00. The third kappa shape index (κ3) is 3.47. The molecule has 0 spiro atoms. The van der Waals surface area contributed by atoms with Crippen LogP contribution in [0.2, 0.25) is 0 Å². The van der Waals surface area contributed by atoms with E-state index in [1.54, 1.807) is 0 Å². The van der Waals surface area contributed by atoms with Crippen molar-refractivity contribution in [3.05, 3.63) is 0 Å². The lowest BCUT2D eigenvalue weighted by atomic mass is 9.74. The Morgan fingerprint density at radius 1 is 1.18 bits per heavy atom. The molecular formula is C16H31N. The van der Waals surface area contributed by atoms with E-state index in [9.17, 15) is 0 Å². The fourth-order valence-electron chi connectivity index (χ4n) is 3.78. The second kappa shape index (κ2) is 6.22. The minimum atomic E-state index is 0.657. The van der Waals surface area contributed by atoms with E-state index in [1.807, 2.05) is 0 Å². The van der Waals surface area contributed by atoms with E-state index in [1.165, 1.54) is 70.8 Å². The Hall–Kier alpha value is -0.0400. The van der Waals surface area contributed by atoms with Crippen molar-refractivity contribution in [1.82, 2.24) is 5.32 Å². The van der Waals surface area contributed by atoms with Crippen LogP contribution < -0.4 is 5.32 Å². The normalized spacial score (nSPS) is 25.1. The maximum Gasteiger partial charge on any atom is 0.0123 e. The van der Waals surface area contributed by atoms with Gasteiger partial charge in [0.1, 0.15) is 0 Å². The maximum atomic E-state index is 3.89. The van der Waals surface area contributed by atoms with E-state index in [-0.39, 0.29) is 0 Å². The van der Waals surface area contributed by atoms with Crippen LogP contribution in [0.3, 0.4) is 0 Å². The molecule has 0 amide bonds. The summed E-state index contributed by atoms with van der Waals surface area (Å²) >= 11 is 0. The molecule has 1 N–H and O–H groups in total. The monoisotopic (exact) mass is 237 g/mol. The highest BCUT2D eigenvalue weighted by molar-refractivity contribution is 4.94. The minimum absolute atomic E-state index is 0.657. The predicted octanol–water partition coefficient (Wildman–Crippen LogP) is 4.52. The summed E-state index contributed by atoms with van der Waals surface area (Å²) in [5.41, 5.74) is 0.657. The zero-order valence-electron chi connectivity index (χ0n) is 11.9. The van der Waals surface area contributed by atoms with Crippen molar-refractivity contribution in [3.63, 3.8) is 0 Å². The van der Waals surface area contributed by atoms with Crippen LogP contribution in [0.1, 0.15) is 78.1 Å². The molecule has 17 heavy (non-hydrogen) atoms. The average molecular weight is 237 g/mol. The van der Waals surface area contributed by atoms with Gasteiger partial charge in [0.15, 0.2) is 0 Å². The van der Waals surface area contributed by atoms with Crippen molar-refractivity contribution in [1.29, 1.82) is 0 Å². The van der Waals surface area contributed by atoms with Crippen LogP contribution in [0.25, 0.3) is 0 Å². The predicted molar refractivity (Wildman–Crippen MR) is 75.2 cm³/mol. The molecule has 0 aromatic rings. The highest BCUT2D eigenvalue weighted by Gasteiger charge is 2.39. The second-order valence-electron chi connectivity index (χ2n) is 6.45. The molecular weight excluding hydrogens is 206 g/mol. The van der Waals surface area contributed by atoms with Gasteiger partial charge in [0.2, 0.25) is 0 Å². The summed E-state index contributed by atoms with van der Waals surface area (Å²) in [5, 5.41) is 3.89. The van der Waals surface area contributed by atoms with E-state index in [2.05, 4.69) is 19.2 Å². The third-order valence-corrected chi connectivity index (χ3v) is 5.24. The molecule has 0 heterocycles. The number of nitrogens with one attached hydrogen (secondary N) is 1. The highest BCUT2D eigenvalue weighted by Crippen LogP contribution is 2.46. The molecule has 2 aliphatic carbocycles. The Kier molecular flexibility index (Phi) is 4.90. The number of hydrogen-bond acceptors (Lipinski definition) is 1. The first-order chi connectivity index (χ1) is 8.30. The molecule has 1 unspecified atom stereocenters. The van der Waals surface area contributed by atoms with Crippen LogP contribution in [-0.2, 0) is 0 Å². The number of rotatable bonds is 8. The minimum Gasteiger partial charge on any atom is -0.313 e. The molecule has 2 saturated carbocycles. The van der Waals surface area contributed by atoms with Crippen molar-refractivity contribution in [3.8, 4) is 0 Å². The SMILES string of the molecule is CCCNC(CCC1CC1)C1(CC)CCCC1. The summed E-state index contributed by atoms with van der Waals surface area (Å²) in [5.74, 6) is 1.09. The molecule has 0 aromatic heterocycles. The summed E-state index contributed by atoms with van der Waals surface area (Å²) < 4.78 is 0. The third-order valence-electron chi connectivity index (χ3n) is 5.24. The van der Waals surface area contributed by atoms with Gasteiger partial charge in [0.25, 0.3) is 0 Å². The van der Waals surface area contributed by atoms with Gasteiger partial charge < -0.3 is 5.32 Å². The second-order valence-corrected chi connectivity index (χ2v) is 6.45. The first-order valence-electron chi connectivity index (χ1n) is 8.04. The van der Waals surface area contributed by atoms with Gasteiger partial charge in [-0.1, -0.05) is 39.5 Å². The summed E-state index contributed by atoms with van der Waals surface area (Å²) in [6.45, 7) is 5.93. The molecule has 0 saturated heterocycles. The molecule has 0 bridgehead atoms. The summed E-state index contributed by atoms with van der Waals surface area (Å²) in [7, 11) is 0. The van der Waals surface area contributed by atoms with Crippen molar-refractivity contribution in [2.24, 2.45) is 11.3 Å². The van der Waals surface area contributed by atoms with Crippen LogP contribution in [0.5, 0.6) is 0 Å². The largest absolute Gasteiger partial charge is 0.313 e. The molecule has 2 fully saturated rings. The quantitative estimate of drug-likeness (QED) is 0.654. The summed E-state index contributed by atoms with van der Waals surface area (Å²) in [4.78, 5) is 0. The van der Waals surface area contributed by atoms with Gasteiger partial charge >= 0.3 is 0 Å². The summed E-state index contributed by atoms with van der Waals surface area (Å²) in [6.07, 6.45) is 14.5. The van der Waals surface area contributed by atoms with Crippen molar-refractivity contribution >= 4 is 0 Å². The molecule has 2 aliphatic rings. The first kappa shape index (κ1) is 13.4. The zero-order valence-corrected chi connectivity index (χ0v) is 11.9. The van der Waals surface area contributed by atoms with Crippen LogP contribution in [0.15, 0.2) is 0 Å². The molecule has 0 radical (unpaired) electrons. The van der Waals surface area contributed by atoms with Gasteiger partial charge in [0, 0.05) is 6.04 Å². The number of hydrogen-bond donors (Lipinski definition) is 1. The molecule has 1 nitrogen and oxygen atoms in total. The zero-order chi connectivity index (χ0) is 12.1. The van der Waals surface area contributed by atoms with Crippen LogP contribution in [-0.4, -0.2) is 12.6 Å². The lowest BCUT2D eigenvalue weighted by molar-refractivity contribution is 0.172. The van der Waals surface area contributed by atoms with Gasteiger partial charge in [-0.05, 0) is 56.4 Å². The lowest BCUT2D eigenvalue weighted by Gasteiger charge is -2.38. The smallest absolute Gasteiger partial charge is 0.0123 e. The Bertz CT molecular complexity index is 214. The van der Waals surface area contributed by atoms with Gasteiger partial charge in [-0.25, -0.2) is 0 Å². The average Bonchev–Trinajstić information content (AvgIpc) is 3.05. The standard InChI is InChI=1S/C16H31N/c1-3-13-17-15(10-9-14-7-8-14)16(4-2)11-5-6-12-16/h14-15,17H,3-13H2,1-2H3. The maximum absolute atomic E-state index is 3.89. The Morgan fingerprint density at radius 3 is 2.41 bits per heavy atom. The van der Waals surface area contributed by atoms with Crippen LogP contribution in [0, 0.1) is 11.3 Å². The van der Waals surface area contributed by atoms with Gasteiger partial charge in [-0.15, -0.1) is 0 Å². The van der Waals surface area contributed by atoms with Crippen LogP contribution >= 0.6 is 0 Å². The van der Waals surface area contributed by atoms with E-state index < -0.39 is 0 Å². The van der Waals surface area contributed by atoms with E-state index in [0.29, 0.717) is 5.41 Å². The van der Waals surface area contributed by atoms with Crippen molar-refractivity contribution in [2.45, 2.75) is 84.1 Å². The molecule has 1 heteroatoms. The summed E-state index contributed by atoms with van der Waals surface area (Å²) in [6, 6.07) is 0.815. The topological polar surface area (TPSA) is 12.0 Å². The van der Waals surface area contributed by atoms with Crippen molar-refractivity contribution < 1.29 is 0 Å². The molecule has 1 atom stereocenters. The molecule has 0 aromatic carbocycles. The fourth-order valence-corrected chi connectivity index (χ4v) is 3.78. The van der Waals surface area contributed by atoms with E-state index in [4.69, 9.17) is 0 Å². The highest BCUT2D eigenvalue weighted by atomic mass is 14.9. The Labute approximate surface area is 108 Å². The van der Waals surface area contributed by atoms with Crippen molar-refractivity contribution in [2.75, 3.05) is 6.54 Å². The van der Waals surface area contributed by atoms with E-state index >= 15 is 0 Å². The Balaban J connectivity index is 1.90. The van der Waals surface area contributed by atoms with Gasteiger partial charge in [-0.2, -0.15) is 0 Å². The first-order valence-corrected chi connectivity index (χ1v) is 8.04. The van der Waals surface area contributed by atoms with E-state index in [0.717, 1.165) is 12.0 Å². The van der Waals surface area contributed by atoms with Gasteiger partial charge in [0.05, 0.1) is 0 Å². The molecule has 2 rings (SSSR count). The van der Waals surface area contributed by atoms with Crippen LogP contribution in [0.4, 0.5) is 0 Å². The lowest BCUT2D eigenvalue weighted by Crippen LogP contribution is -2.44.